The first-order valence-corrected chi connectivity index (χ1v) is 6.34. The van der Waals surface area contributed by atoms with E-state index in [0.29, 0.717) is 0 Å². The summed E-state index contributed by atoms with van der Waals surface area (Å²) in [6.07, 6.45) is 2.07. The van der Waals surface area contributed by atoms with E-state index in [0.717, 1.165) is 25.9 Å². The van der Waals surface area contributed by atoms with Gasteiger partial charge in [-0.05, 0) is 47.2 Å². The van der Waals surface area contributed by atoms with E-state index >= 15 is 0 Å². The van der Waals surface area contributed by atoms with Crippen molar-refractivity contribution in [2.45, 2.75) is 39.7 Å². The minimum absolute atomic E-state index is 0.0565. The first-order chi connectivity index (χ1) is 8.29. The van der Waals surface area contributed by atoms with Crippen molar-refractivity contribution in [2.75, 3.05) is 26.7 Å². The number of ether oxygens (including phenoxy) is 2. The number of piperidine rings is 1. The first-order valence-electron chi connectivity index (χ1n) is 6.34. The van der Waals surface area contributed by atoms with Crippen molar-refractivity contribution >= 4 is 11.9 Å². The Kier molecular flexibility index (Phi) is 5.28. The molecule has 0 N–H and O–H groups in total. The van der Waals surface area contributed by atoms with Crippen LogP contribution in [0.3, 0.4) is 0 Å². The van der Waals surface area contributed by atoms with Crippen LogP contribution in [0.4, 0.5) is 0 Å². The fraction of sp³-hybridized carbons (Fsp3) is 0.846. The topological polar surface area (TPSA) is 55.8 Å². The zero-order valence-corrected chi connectivity index (χ0v) is 11.7. The maximum atomic E-state index is 11.5. The zero-order valence-electron chi connectivity index (χ0n) is 11.7. The fourth-order valence-electron chi connectivity index (χ4n) is 1.73. The van der Waals surface area contributed by atoms with Crippen LogP contribution in [-0.2, 0) is 19.1 Å². The van der Waals surface area contributed by atoms with Crippen LogP contribution in [0.25, 0.3) is 0 Å². The van der Waals surface area contributed by atoms with Crippen LogP contribution in [0.15, 0.2) is 0 Å². The highest BCUT2D eigenvalue weighted by Crippen LogP contribution is 2.15. The number of hydrogen-bond donors (Lipinski definition) is 0. The molecule has 1 aliphatic rings. The van der Waals surface area contributed by atoms with Gasteiger partial charge in [0.05, 0.1) is 11.5 Å². The molecule has 1 atom stereocenters. The standard InChI is InChI=1S/C13H23NO4/c1-13(2,3)12(16)18-11(15)9-17-10-6-5-7-14(4)8-10/h10H,5-9H2,1-4H3/t10-/m0/s1. The maximum absolute atomic E-state index is 11.5. The first kappa shape index (κ1) is 15.1. The highest BCUT2D eigenvalue weighted by Gasteiger charge is 2.26. The van der Waals surface area contributed by atoms with Gasteiger partial charge in [-0.2, -0.15) is 0 Å². The number of nitrogens with zero attached hydrogens (tertiary/aromatic N) is 1. The number of carbonyl (C=O) groups is 2. The van der Waals surface area contributed by atoms with E-state index < -0.39 is 17.4 Å². The lowest BCUT2D eigenvalue weighted by Gasteiger charge is -2.29. The second kappa shape index (κ2) is 6.29. The molecule has 18 heavy (non-hydrogen) atoms. The minimum atomic E-state index is -0.666. The Labute approximate surface area is 108 Å². The summed E-state index contributed by atoms with van der Waals surface area (Å²) in [5.41, 5.74) is -0.666. The lowest BCUT2D eigenvalue weighted by Crippen LogP contribution is -2.38. The molecule has 1 saturated heterocycles. The molecular formula is C13H23NO4. The molecule has 0 aromatic carbocycles. The van der Waals surface area contributed by atoms with Crippen LogP contribution in [0.5, 0.6) is 0 Å². The normalized spacial score (nSPS) is 21.7. The molecule has 1 fully saturated rings. The van der Waals surface area contributed by atoms with Crippen LogP contribution < -0.4 is 0 Å². The number of likely N-dealkylation sites (N-methyl/N-ethyl adjacent to an activating group) is 1. The Bertz CT molecular complexity index is 309. The molecule has 1 heterocycles. The van der Waals surface area contributed by atoms with E-state index in [9.17, 15) is 9.59 Å². The lowest BCUT2D eigenvalue weighted by atomic mass is 9.97. The molecule has 1 rings (SSSR count). The molecule has 0 bridgehead atoms. The molecule has 0 radical (unpaired) electrons. The summed E-state index contributed by atoms with van der Waals surface area (Å²) in [5.74, 6) is -1.12. The molecular weight excluding hydrogens is 234 g/mol. The van der Waals surface area contributed by atoms with Gasteiger partial charge in [0.1, 0.15) is 6.61 Å². The fourth-order valence-corrected chi connectivity index (χ4v) is 1.73. The van der Waals surface area contributed by atoms with Gasteiger partial charge < -0.3 is 14.4 Å². The van der Waals surface area contributed by atoms with Crippen LogP contribution in [-0.4, -0.2) is 49.7 Å². The average molecular weight is 257 g/mol. The molecule has 5 nitrogen and oxygen atoms in total. The molecule has 0 aliphatic carbocycles. The third kappa shape index (κ3) is 5.14. The summed E-state index contributed by atoms with van der Waals surface area (Å²) in [6.45, 7) is 6.85. The molecule has 0 aromatic heterocycles. The molecule has 1 aliphatic heterocycles. The number of likely N-dealkylation sites (tertiary alicyclic amines) is 1. The third-order valence-electron chi connectivity index (χ3n) is 2.84. The Morgan fingerprint density at radius 3 is 2.56 bits per heavy atom. The van der Waals surface area contributed by atoms with Crippen molar-refractivity contribution in [1.29, 1.82) is 0 Å². The summed E-state index contributed by atoms with van der Waals surface area (Å²) in [7, 11) is 2.02. The van der Waals surface area contributed by atoms with Crippen molar-refractivity contribution in [3.05, 3.63) is 0 Å². The van der Waals surface area contributed by atoms with Gasteiger partial charge in [0.2, 0.25) is 0 Å². The van der Waals surface area contributed by atoms with Gasteiger partial charge in [-0.25, -0.2) is 4.79 Å². The lowest BCUT2D eigenvalue weighted by molar-refractivity contribution is -0.170. The second-order valence-electron chi connectivity index (χ2n) is 5.85. The minimum Gasteiger partial charge on any atom is -0.391 e. The zero-order chi connectivity index (χ0) is 13.8. The van der Waals surface area contributed by atoms with E-state index in [4.69, 9.17) is 9.47 Å². The highest BCUT2D eigenvalue weighted by molar-refractivity contribution is 5.88. The van der Waals surface area contributed by atoms with Crippen molar-refractivity contribution in [2.24, 2.45) is 5.41 Å². The van der Waals surface area contributed by atoms with Crippen molar-refractivity contribution < 1.29 is 19.1 Å². The number of carbonyl (C=O) groups excluding carboxylic acids is 2. The van der Waals surface area contributed by atoms with E-state index in [1.807, 2.05) is 7.05 Å². The summed E-state index contributed by atoms with van der Waals surface area (Å²) in [6, 6.07) is 0. The SMILES string of the molecule is CN1CCC[C@H](OCC(=O)OC(=O)C(C)(C)C)C1. The van der Waals surface area contributed by atoms with Gasteiger partial charge in [0.15, 0.2) is 0 Å². The average Bonchev–Trinajstić information content (AvgIpc) is 2.25. The van der Waals surface area contributed by atoms with E-state index in [-0.39, 0.29) is 12.7 Å². The molecule has 0 aromatic rings. The van der Waals surface area contributed by atoms with Gasteiger partial charge in [0, 0.05) is 6.54 Å². The van der Waals surface area contributed by atoms with Crippen LogP contribution in [0.1, 0.15) is 33.6 Å². The highest BCUT2D eigenvalue weighted by atomic mass is 16.6. The summed E-state index contributed by atoms with van der Waals surface area (Å²) >= 11 is 0. The van der Waals surface area contributed by atoms with Crippen molar-refractivity contribution in [3.63, 3.8) is 0 Å². The molecule has 0 amide bonds. The van der Waals surface area contributed by atoms with Gasteiger partial charge >= 0.3 is 11.9 Å². The van der Waals surface area contributed by atoms with Gasteiger partial charge in [-0.15, -0.1) is 0 Å². The van der Waals surface area contributed by atoms with Crippen LogP contribution in [0.2, 0.25) is 0 Å². The van der Waals surface area contributed by atoms with E-state index in [1.54, 1.807) is 20.8 Å². The molecule has 0 saturated carbocycles. The number of esters is 2. The van der Waals surface area contributed by atoms with Crippen LogP contribution >= 0.6 is 0 Å². The summed E-state index contributed by atoms with van der Waals surface area (Å²) < 4.78 is 10.2. The summed E-state index contributed by atoms with van der Waals surface area (Å²) in [5, 5.41) is 0. The number of rotatable bonds is 3. The molecule has 5 heteroatoms. The Hall–Kier alpha value is -0.940. The Balaban J connectivity index is 2.27. The smallest absolute Gasteiger partial charge is 0.339 e. The van der Waals surface area contributed by atoms with Gasteiger partial charge in [-0.3, -0.25) is 4.79 Å². The van der Waals surface area contributed by atoms with Crippen molar-refractivity contribution in [1.82, 2.24) is 4.90 Å². The van der Waals surface area contributed by atoms with E-state index in [2.05, 4.69) is 4.90 Å². The van der Waals surface area contributed by atoms with Gasteiger partial charge in [0.25, 0.3) is 0 Å². The molecule has 104 valence electrons. The second-order valence-corrected chi connectivity index (χ2v) is 5.85. The third-order valence-corrected chi connectivity index (χ3v) is 2.84. The Morgan fingerprint density at radius 2 is 2.00 bits per heavy atom. The maximum Gasteiger partial charge on any atom is 0.339 e. The van der Waals surface area contributed by atoms with E-state index in [1.165, 1.54) is 0 Å². The molecule has 0 unspecified atom stereocenters. The molecule has 0 spiro atoms. The monoisotopic (exact) mass is 257 g/mol. The number of hydrogen-bond acceptors (Lipinski definition) is 5. The summed E-state index contributed by atoms with van der Waals surface area (Å²) in [4.78, 5) is 25.1. The van der Waals surface area contributed by atoms with Crippen LogP contribution in [0, 0.1) is 5.41 Å². The predicted molar refractivity (Wildman–Crippen MR) is 67.0 cm³/mol. The quantitative estimate of drug-likeness (QED) is 0.562. The Morgan fingerprint density at radius 1 is 1.33 bits per heavy atom. The predicted octanol–water partition coefficient (Wildman–Crippen LogP) is 1.21. The van der Waals surface area contributed by atoms with Gasteiger partial charge in [-0.1, -0.05) is 0 Å². The van der Waals surface area contributed by atoms with Crippen molar-refractivity contribution in [3.8, 4) is 0 Å². The largest absolute Gasteiger partial charge is 0.391 e.